The van der Waals surface area contributed by atoms with Crippen LogP contribution in [-0.2, 0) is 5.88 Å². The fourth-order valence-corrected chi connectivity index (χ4v) is 2.78. The third-order valence-electron chi connectivity index (χ3n) is 3.49. The van der Waals surface area contributed by atoms with E-state index in [1.807, 2.05) is 30.5 Å². The van der Waals surface area contributed by atoms with Crippen LogP contribution in [0.2, 0.25) is 5.02 Å². The molecular formula is C16H13Cl2FN2. The van der Waals surface area contributed by atoms with Crippen molar-refractivity contribution in [2.75, 3.05) is 0 Å². The lowest BCUT2D eigenvalue weighted by atomic mass is 10.1. The topological polar surface area (TPSA) is 17.8 Å². The first-order valence-electron chi connectivity index (χ1n) is 6.51. The van der Waals surface area contributed by atoms with Gasteiger partial charge in [-0.25, -0.2) is 9.37 Å². The Bertz CT molecular complexity index is 840. The van der Waals surface area contributed by atoms with E-state index >= 15 is 0 Å². The maximum Gasteiger partial charge on any atom is 0.144 e. The number of hydrogen-bond donors (Lipinski definition) is 0. The van der Waals surface area contributed by atoms with E-state index in [1.54, 1.807) is 6.07 Å². The molecule has 3 aromatic rings. The van der Waals surface area contributed by atoms with Crippen LogP contribution in [0.1, 0.15) is 17.0 Å². The predicted octanol–water partition coefficient (Wildman–Crippen LogP) is 5.17. The highest BCUT2D eigenvalue weighted by atomic mass is 35.5. The number of rotatable bonds is 2. The molecule has 0 amide bonds. The maximum absolute atomic E-state index is 13.6. The molecule has 0 atom stereocenters. The van der Waals surface area contributed by atoms with Crippen molar-refractivity contribution >= 4 is 34.2 Å². The van der Waals surface area contributed by atoms with Crippen LogP contribution in [0, 0.1) is 19.7 Å². The van der Waals surface area contributed by atoms with Gasteiger partial charge in [0, 0.05) is 6.07 Å². The van der Waals surface area contributed by atoms with Crippen molar-refractivity contribution in [2.45, 2.75) is 19.7 Å². The van der Waals surface area contributed by atoms with Gasteiger partial charge in [-0.2, -0.15) is 0 Å². The van der Waals surface area contributed by atoms with E-state index in [0.717, 1.165) is 22.3 Å². The molecule has 0 aliphatic heterocycles. The van der Waals surface area contributed by atoms with Gasteiger partial charge in [-0.15, -0.1) is 11.6 Å². The Hall–Kier alpha value is -1.58. The molecule has 108 valence electrons. The van der Waals surface area contributed by atoms with E-state index in [0.29, 0.717) is 11.3 Å². The zero-order valence-electron chi connectivity index (χ0n) is 11.6. The summed E-state index contributed by atoms with van der Waals surface area (Å²) in [6.45, 7) is 4.04. The number of imidazole rings is 1. The van der Waals surface area contributed by atoms with Crippen LogP contribution in [0.15, 0.2) is 30.3 Å². The van der Waals surface area contributed by atoms with Gasteiger partial charge in [0.25, 0.3) is 0 Å². The molecule has 0 aliphatic rings. The number of halogens is 3. The smallest absolute Gasteiger partial charge is 0.144 e. The molecule has 0 saturated carbocycles. The van der Waals surface area contributed by atoms with E-state index < -0.39 is 5.82 Å². The van der Waals surface area contributed by atoms with Crippen molar-refractivity contribution in [2.24, 2.45) is 0 Å². The molecule has 1 heterocycles. The SMILES string of the molecule is Cc1ccc(C)c(-n2c(CCl)nc3cc(F)c(Cl)cc32)c1. The number of aryl methyl sites for hydroxylation is 2. The molecule has 1 aromatic heterocycles. The van der Waals surface area contributed by atoms with E-state index in [2.05, 4.69) is 11.1 Å². The zero-order chi connectivity index (χ0) is 15.1. The van der Waals surface area contributed by atoms with Gasteiger partial charge in [0.05, 0.1) is 27.6 Å². The van der Waals surface area contributed by atoms with Gasteiger partial charge >= 0.3 is 0 Å². The Labute approximate surface area is 132 Å². The highest BCUT2D eigenvalue weighted by molar-refractivity contribution is 6.31. The molecule has 0 radical (unpaired) electrons. The van der Waals surface area contributed by atoms with Crippen LogP contribution < -0.4 is 0 Å². The summed E-state index contributed by atoms with van der Waals surface area (Å²) in [5, 5.41) is 0.0788. The van der Waals surface area contributed by atoms with Crippen LogP contribution in [0.3, 0.4) is 0 Å². The third kappa shape index (κ3) is 2.41. The van der Waals surface area contributed by atoms with Crippen LogP contribution in [0.5, 0.6) is 0 Å². The number of benzene rings is 2. The number of alkyl halides is 1. The molecule has 5 heteroatoms. The molecule has 3 rings (SSSR count). The zero-order valence-corrected chi connectivity index (χ0v) is 13.1. The average Bonchev–Trinajstić information content (AvgIpc) is 2.79. The fraction of sp³-hybridized carbons (Fsp3) is 0.188. The van der Waals surface area contributed by atoms with Crippen LogP contribution in [-0.4, -0.2) is 9.55 Å². The molecule has 0 spiro atoms. The predicted molar refractivity (Wildman–Crippen MR) is 85.1 cm³/mol. The first-order valence-corrected chi connectivity index (χ1v) is 7.42. The summed E-state index contributed by atoms with van der Waals surface area (Å²) < 4.78 is 15.6. The summed E-state index contributed by atoms with van der Waals surface area (Å²) in [6, 6.07) is 9.08. The van der Waals surface area contributed by atoms with Gasteiger partial charge in [0.2, 0.25) is 0 Å². The summed E-state index contributed by atoms with van der Waals surface area (Å²) in [7, 11) is 0. The van der Waals surface area contributed by atoms with Gasteiger partial charge in [-0.3, -0.25) is 4.57 Å². The van der Waals surface area contributed by atoms with Crippen molar-refractivity contribution in [1.29, 1.82) is 0 Å². The highest BCUT2D eigenvalue weighted by Gasteiger charge is 2.15. The van der Waals surface area contributed by atoms with Gasteiger partial charge in [0.1, 0.15) is 11.6 Å². The second-order valence-corrected chi connectivity index (χ2v) is 5.72. The largest absolute Gasteiger partial charge is 0.295 e. The lowest BCUT2D eigenvalue weighted by Crippen LogP contribution is -2.02. The molecule has 2 nitrogen and oxygen atoms in total. The van der Waals surface area contributed by atoms with Crippen LogP contribution >= 0.6 is 23.2 Å². The number of aromatic nitrogens is 2. The van der Waals surface area contributed by atoms with Crippen molar-refractivity contribution < 1.29 is 4.39 Å². The van der Waals surface area contributed by atoms with Crippen molar-refractivity contribution in [3.63, 3.8) is 0 Å². The fourth-order valence-electron chi connectivity index (χ4n) is 2.44. The summed E-state index contributed by atoms with van der Waals surface area (Å²) in [5.74, 6) is 0.430. The molecule has 0 aliphatic carbocycles. The van der Waals surface area contributed by atoms with Crippen LogP contribution in [0.25, 0.3) is 16.7 Å². The number of fused-ring (bicyclic) bond motifs is 1. The molecule has 0 unspecified atom stereocenters. The first-order chi connectivity index (χ1) is 10.0. The van der Waals surface area contributed by atoms with E-state index in [-0.39, 0.29) is 10.9 Å². The summed E-state index contributed by atoms with van der Waals surface area (Å²) in [4.78, 5) is 4.41. The maximum atomic E-state index is 13.6. The number of hydrogen-bond acceptors (Lipinski definition) is 1. The Kier molecular flexibility index (Phi) is 3.64. The van der Waals surface area contributed by atoms with E-state index in [4.69, 9.17) is 23.2 Å². The minimum atomic E-state index is -0.476. The molecule has 0 fully saturated rings. The summed E-state index contributed by atoms with van der Waals surface area (Å²) in [5.41, 5.74) is 4.51. The Balaban J connectivity index is 2.40. The highest BCUT2D eigenvalue weighted by Crippen LogP contribution is 2.29. The van der Waals surface area contributed by atoms with Gasteiger partial charge in [0.15, 0.2) is 0 Å². The van der Waals surface area contributed by atoms with Gasteiger partial charge in [-0.1, -0.05) is 23.7 Å². The van der Waals surface area contributed by atoms with E-state index in [9.17, 15) is 4.39 Å². The molecule has 2 aromatic carbocycles. The monoisotopic (exact) mass is 322 g/mol. The molecule has 0 bridgehead atoms. The minimum absolute atomic E-state index is 0.0788. The Morgan fingerprint density at radius 2 is 1.95 bits per heavy atom. The molecular weight excluding hydrogens is 310 g/mol. The van der Waals surface area contributed by atoms with Gasteiger partial charge in [-0.05, 0) is 37.1 Å². The summed E-state index contributed by atoms with van der Waals surface area (Å²) >= 11 is 11.9. The summed E-state index contributed by atoms with van der Waals surface area (Å²) in [6.07, 6.45) is 0. The van der Waals surface area contributed by atoms with Crippen LogP contribution in [0.4, 0.5) is 4.39 Å². The number of nitrogens with zero attached hydrogens (tertiary/aromatic N) is 2. The third-order valence-corrected chi connectivity index (χ3v) is 4.02. The first kappa shape index (κ1) is 14.4. The lowest BCUT2D eigenvalue weighted by molar-refractivity contribution is 0.630. The van der Waals surface area contributed by atoms with E-state index in [1.165, 1.54) is 6.07 Å². The minimum Gasteiger partial charge on any atom is -0.295 e. The quantitative estimate of drug-likeness (QED) is 0.595. The normalized spacial score (nSPS) is 11.3. The molecule has 21 heavy (non-hydrogen) atoms. The molecule has 0 N–H and O–H groups in total. The lowest BCUT2D eigenvalue weighted by Gasteiger charge is -2.12. The molecule has 0 saturated heterocycles. The Morgan fingerprint density at radius 3 is 2.67 bits per heavy atom. The van der Waals surface area contributed by atoms with Gasteiger partial charge < -0.3 is 0 Å². The standard InChI is InChI=1S/C16H13Cl2FN2/c1-9-3-4-10(2)14(5-9)21-15-6-11(18)12(19)7-13(15)20-16(21)8-17/h3-7H,8H2,1-2H3. The Morgan fingerprint density at radius 1 is 1.19 bits per heavy atom. The van der Waals surface area contributed by atoms with Crippen molar-refractivity contribution in [1.82, 2.24) is 9.55 Å². The average molecular weight is 323 g/mol. The van der Waals surface area contributed by atoms with Crippen molar-refractivity contribution in [3.8, 4) is 5.69 Å². The second-order valence-electron chi connectivity index (χ2n) is 5.04. The second kappa shape index (κ2) is 5.32. The van der Waals surface area contributed by atoms with Crippen molar-refractivity contribution in [3.05, 3.63) is 58.1 Å².